The number of nitro benzene ring substituents is 1. The van der Waals surface area contributed by atoms with Crippen LogP contribution >= 0.6 is 0 Å². The molecule has 29 heavy (non-hydrogen) atoms. The third-order valence-corrected chi connectivity index (χ3v) is 3.93. The molecule has 1 aromatic heterocycles. The number of aromatic nitrogens is 3. The molecule has 3 rings (SSSR count). The molecule has 10 heteroatoms. The highest BCUT2D eigenvalue weighted by Gasteiger charge is 2.14. The highest BCUT2D eigenvalue weighted by atomic mass is 16.6. The fourth-order valence-corrected chi connectivity index (χ4v) is 2.54. The Balaban J connectivity index is 1.74. The summed E-state index contributed by atoms with van der Waals surface area (Å²) in [7, 11) is 3.07. The first-order valence-corrected chi connectivity index (χ1v) is 8.39. The van der Waals surface area contributed by atoms with Crippen LogP contribution in [0.1, 0.15) is 5.56 Å². The number of amides is 1. The summed E-state index contributed by atoms with van der Waals surface area (Å²) in [6.45, 7) is 0. The van der Waals surface area contributed by atoms with E-state index in [2.05, 4.69) is 20.5 Å². The number of para-hydroxylation sites is 1. The standard InChI is InChI=1S/C19H17N5O5/c1-28-13-8-9-14(16(11-13)29-2)18-21-19(23-22-18)20-17(25)10-7-12-5-3-4-6-15(12)24(26)27/h3-11H,1-2H3,(H2,20,21,22,23,25)/b10-7+. The normalized spacial score (nSPS) is 10.7. The van der Waals surface area contributed by atoms with E-state index in [-0.39, 0.29) is 11.6 Å². The van der Waals surface area contributed by atoms with E-state index in [1.54, 1.807) is 43.5 Å². The van der Waals surface area contributed by atoms with Gasteiger partial charge in [0.2, 0.25) is 5.95 Å². The van der Waals surface area contributed by atoms with Crippen LogP contribution in [-0.2, 0) is 4.79 Å². The number of hydrogen-bond donors (Lipinski definition) is 2. The van der Waals surface area contributed by atoms with E-state index in [0.29, 0.717) is 28.5 Å². The average Bonchev–Trinajstić information content (AvgIpc) is 3.19. The Morgan fingerprint density at radius 2 is 2.00 bits per heavy atom. The number of aromatic amines is 1. The van der Waals surface area contributed by atoms with Crippen molar-refractivity contribution in [1.29, 1.82) is 0 Å². The SMILES string of the molecule is COc1ccc(-c2nc(NC(=O)/C=C/c3ccccc3[N+](=O)[O-])n[nH]2)c(OC)c1. The van der Waals surface area contributed by atoms with Crippen LogP contribution in [0.15, 0.2) is 48.5 Å². The molecular formula is C19H17N5O5. The lowest BCUT2D eigenvalue weighted by Crippen LogP contribution is -2.09. The van der Waals surface area contributed by atoms with E-state index in [4.69, 9.17) is 9.47 Å². The fourth-order valence-electron chi connectivity index (χ4n) is 2.54. The van der Waals surface area contributed by atoms with Crippen molar-refractivity contribution in [3.8, 4) is 22.9 Å². The molecule has 0 aliphatic heterocycles. The topological polar surface area (TPSA) is 132 Å². The predicted octanol–water partition coefficient (Wildman–Crippen LogP) is 3.05. The lowest BCUT2D eigenvalue weighted by Gasteiger charge is -2.07. The molecule has 0 fully saturated rings. The van der Waals surface area contributed by atoms with Crippen LogP contribution in [0, 0.1) is 10.1 Å². The summed E-state index contributed by atoms with van der Waals surface area (Å²) in [4.78, 5) is 26.8. The molecule has 0 atom stereocenters. The van der Waals surface area contributed by atoms with Gasteiger partial charge >= 0.3 is 0 Å². The van der Waals surface area contributed by atoms with Gasteiger partial charge in [-0.3, -0.25) is 25.3 Å². The second-order valence-electron chi connectivity index (χ2n) is 5.71. The summed E-state index contributed by atoms with van der Waals surface area (Å²) < 4.78 is 10.5. The van der Waals surface area contributed by atoms with Crippen LogP contribution in [0.4, 0.5) is 11.6 Å². The van der Waals surface area contributed by atoms with E-state index in [0.717, 1.165) is 0 Å². The molecule has 2 N–H and O–H groups in total. The molecule has 2 aromatic carbocycles. The molecule has 0 aliphatic carbocycles. The number of nitrogens with zero attached hydrogens (tertiary/aromatic N) is 3. The quantitative estimate of drug-likeness (QED) is 0.357. The van der Waals surface area contributed by atoms with Crippen LogP contribution in [0.3, 0.4) is 0 Å². The highest BCUT2D eigenvalue weighted by molar-refractivity contribution is 6.01. The fraction of sp³-hybridized carbons (Fsp3) is 0.105. The number of H-pyrrole nitrogens is 1. The Labute approximate surface area is 165 Å². The van der Waals surface area contributed by atoms with Crippen molar-refractivity contribution in [1.82, 2.24) is 15.2 Å². The van der Waals surface area contributed by atoms with Crippen molar-refractivity contribution in [2.45, 2.75) is 0 Å². The van der Waals surface area contributed by atoms with Crippen molar-refractivity contribution in [3.05, 3.63) is 64.2 Å². The molecule has 0 radical (unpaired) electrons. The van der Waals surface area contributed by atoms with Crippen LogP contribution in [0.5, 0.6) is 11.5 Å². The summed E-state index contributed by atoms with van der Waals surface area (Å²) >= 11 is 0. The zero-order chi connectivity index (χ0) is 20.8. The Morgan fingerprint density at radius 1 is 1.21 bits per heavy atom. The highest BCUT2D eigenvalue weighted by Crippen LogP contribution is 2.31. The lowest BCUT2D eigenvalue weighted by atomic mass is 10.1. The smallest absolute Gasteiger partial charge is 0.276 e. The number of carbonyl (C=O) groups is 1. The molecule has 1 amide bonds. The van der Waals surface area contributed by atoms with Crippen molar-refractivity contribution in [3.63, 3.8) is 0 Å². The summed E-state index contributed by atoms with van der Waals surface area (Å²) in [6.07, 6.45) is 2.53. The van der Waals surface area contributed by atoms with Gasteiger partial charge in [0.1, 0.15) is 11.5 Å². The molecule has 0 aliphatic rings. The molecule has 0 bridgehead atoms. The van der Waals surface area contributed by atoms with Crippen molar-refractivity contribution in [2.75, 3.05) is 19.5 Å². The zero-order valence-electron chi connectivity index (χ0n) is 15.6. The maximum atomic E-state index is 12.1. The molecule has 10 nitrogen and oxygen atoms in total. The molecular weight excluding hydrogens is 378 g/mol. The molecule has 1 heterocycles. The van der Waals surface area contributed by atoms with E-state index in [1.165, 1.54) is 25.3 Å². The van der Waals surface area contributed by atoms with Gasteiger partial charge in [-0.15, -0.1) is 5.10 Å². The van der Waals surface area contributed by atoms with Gasteiger partial charge in [0, 0.05) is 18.2 Å². The molecule has 148 valence electrons. The van der Waals surface area contributed by atoms with E-state index in [9.17, 15) is 14.9 Å². The summed E-state index contributed by atoms with van der Waals surface area (Å²) in [5.41, 5.74) is 0.853. The van der Waals surface area contributed by atoms with E-state index in [1.807, 2.05) is 0 Å². The Bertz CT molecular complexity index is 1080. The van der Waals surface area contributed by atoms with Gasteiger partial charge in [-0.05, 0) is 24.3 Å². The van der Waals surface area contributed by atoms with Gasteiger partial charge in [-0.2, -0.15) is 4.98 Å². The minimum Gasteiger partial charge on any atom is -0.497 e. The predicted molar refractivity (Wildman–Crippen MR) is 106 cm³/mol. The van der Waals surface area contributed by atoms with Gasteiger partial charge in [-0.1, -0.05) is 12.1 Å². The first kappa shape index (κ1) is 19.5. The Hall–Kier alpha value is -4.21. The van der Waals surface area contributed by atoms with Gasteiger partial charge in [0.25, 0.3) is 11.6 Å². The largest absolute Gasteiger partial charge is 0.497 e. The third kappa shape index (κ3) is 4.56. The maximum Gasteiger partial charge on any atom is 0.276 e. The third-order valence-electron chi connectivity index (χ3n) is 3.93. The first-order valence-electron chi connectivity index (χ1n) is 8.39. The van der Waals surface area contributed by atoms with Crippen LogP contribution in [0.25, 0.3) is 17.5 Å². The van der Waals surface area contributed by atoms with E-state index >= 15 is 0 Å². The van der Waals surface area contributed by atoms with Crippen LogP contribution in [0.2, 0.25) is 0 Å². The first-order chi connectivity index (χ1) is 14.0. The lowest BCUT2D eigenvalue weighted by molar-refractivity contribution is -0.385. The molecule has 0 spiro atoms. The second kappa shape index (κ2) is 8.65. The van der Waals surface area contributed by atoms with Crippen LogP contribution < -0.4 is 14.8 Å². The molecule has 0 saturated carbocycles. The average molecular weight is 395 g/mol. The van der Waals surface area contributed by atoms with Gasteiger partial charge in [0.05, 0.1) is 30.3 Å². The Kier molecular flexibility index (Phi) is 5.83. The summed E-state index contributed by atoms with van der Waals surface area (Å²) in [5, 5.41) is 20.2. The molecule has 0 unspecified atom stereocenters. The number of methoxy groups -OCH3 is 2. The van der Waals surface area contributed by atoms with Gasteiger partial charge in [-0.25, -0.2) is 0 Å². The van der Waals surface area contributed by atoms with Crippen molar-refractivity contribution < 1.29 is 19.2 Å². The van der Waals surface area contributed by atoms with Crippen molar-refractivity contribution >= 4 is 23.6 Å². The number of benzene rings is 2. The number of anilines is 1. The van der Waals surface area contributed by atoms with Crippen LogP contribution in [-0.4, -0.2) is 40.2 Å². The minimum absolute atomic E-state index is 0.0510. The number of nitrogens with one attached hydrogen (secondary N) is 2. The number of hydrogen-bond acceptors (Lipinski definition) is 7. The Morgan fingerprint density at radius 3 is 2.72 bits per heavy atom. The minimum atomic E-state index is -0.532. The summed E-state index contributed by atoms with van der Waals surface area (Å²) in [6, 6.07) is 11.3. The zero-order valence-corrected chi connectivity index (χ0v) is 15.6. The molecule has 3 aromatic rings. The van der Waals surface area contributed by atoms with Crippen molar-refractivity contribution in [2.24, 2.45) is 0 Å². The number of nitro groups is 1. The monoisotopic (exact) mass is 395 g/mol. The number of ether oxygens (including phenoxy) is 2. The number of rotatable bonds is 7. The van der Waals surface area contributed by atoms with E-state index < -0.39 is 10.8 Å². The van der Waals surface area contributed by atoms with Gasteiger partial charge < -0.3 is 9.47 Å². The molecule has 0 saturated heterocycles. The number of carbonyl (C=O) groups excluding carboxylic acids is 1. The summed E-state index contributed by atoms with van der Waals surface area (Å²) in [5.74, 6) is 1.06. The maximum absolute atomic E-state index is 12.1. The second-order valence-corrected chi connectivity index (χ2v) is 5.71. The van der Waals surface area contributed by atoms with Gasteiger partial charge in [0.15, 0.2) is 5.82 Å².